The van der Waals surface area contributed by atoms with Crippen molar-refractivity contribution in [3.8, 4) is 0 Å². The first kappa shape index (κ1) is 15.0. The third kappa shape index (κ3) is 4.25. The Kier molecular flexibility index (Phi) is 5.30. The van der Waals surface area contributed by atoms with Crippen molar-refractivity contribution < 1.29 is 14.7 Å². The summed E-state index contributed by atoms with van der Waals surface area (Å²) in [5.74, 6) is -1.08. The lowest BCUT2D eigenvalue weighted by atomic mass is 10.1. The van der Waals surface area contributed by atoms with Gasteiger partial charge in [-0.2, -0.15) is 0 Å². The molecule has 0 aliphatic heterocycles. The van der Waals surface area contributed by atoms with E-state index in [0.717, 1.165) is 11.1 Å². The molecule has 1 N–H and O–H groups in total. The molecule has 4 nitrogen and oxygen atoms in total. The van der Waals surface area contributed by atoms with Crippen LogP contribution in [0.25, 0.3) is 0 Å². The number of hydrogen-bond donors (Lipinski definition) is 1. The van der Waals surface area contributed by atoms with Gasteiger partial charge < -0.3 is 10.0 Å². The Bertz CT molecular complexity index is 494. The molecule has 0 radical (unpaired) electrons. The third-order valence-electron chi connectivity index (χ3n) is 2.99. The van der Waals surface area contributed by atoms with Crippen LogP contribution in [-0.2, 0) is 4.79 Å². The van der Waals surface area contributed by atoms with Gasteiger partial charge in [-0.3, -0.25) is 9.59 Å². The molecule has 102 valence electrons. The number of carbonyl (C=O) groups excluding carboxylic acids is 1. The molecule has 1 rings (SSSR count). The van der Waals surface area contributed by atoms with E-state index in [0.29, 0.717) is 12.1 Å². The van der Waals surface area contributed by atoms with Crippen LogP contribution < -0.4 is 0 Å². The van der Waals surface area contributed by atoms with Crippen LogP contribution in [-0.4, -0.2) is 35.0 Å². The van der Waals surface area contributed by atoms with Gasteiger partial charge in [0.1, 0.15) is 0 Å². The Morgan fingerprint density at radius 1 is 1.32 bits per heavy atom. The van der Waals surface area contributed by atoms with E-state index in [-0.39, 0.29) is 18.9 Å². The first-order valence-corrected chi connectivity index (χ1v) is 6.15. The van der Waals surface area contributed by atoms with Crippen LogP contribution in [0, 0.1) is 13.8 Å². The lowest BCUT2D eigenvalue weighted by Crippen LogP contribution is -2.33. The van der Waals surface area contributed by atoms with Gasteiger partial charge in [0.25, 0.3) is 5.91 Å². The quantitative estimate of drug-likeness (QED) is 0.800. The Morgan fingerprint density at radius 3 is 2.53 bits per heavy atom. The average molecular weight is 261 g/mol. The molecular weight excluding hydrogens is 242 g/mol. The van der Waals surface area contributed by atoms with Gasteiger partial charge in [-0.25, -0.2) is 0 Å². The van der Waals surface area contributed by atoms with E-state index < -0.39 is 5.97 Å². The minimum Gasteiger partial charge on any atom is -0.481 e. The summed E-state index contributed by atoms with van der Waals surface area (Å²) in [5.41, 5.74) is 2.75. The zero-order valence-corrected chi connectivity index (χ0v) is 11.3. The smallest absolute Gasteiger partial charge is 0.305 e. The highest BCUT2D eigenvalue weighted by Crippen LogP contribution is 2.12. The van der Waals surface area contributed by atoms with Crippen molar-refractivity contribution in [3.05, 3.63) is 47.5 Å². The van der Waals surface area contributed by atoms with Crippen LogP contribution in [0.4, 0.5) is 0 Å². The first-order valence-electron chi connectivity index (χ1n) is 6.15. The maximum absolute atomic E-state index is 12.3. The molecule has 4 heteroatoms. The molecule has 19 heavy (non-hydrogen) atoms. The first-order chi connectivity index (χ1) is 8.95. The summed E-state index contributed by atoms with van der Waals surface area (Å²) in [7, 11) is 0. The van der Waals surface area contributed by atoms with Crippen LogP contribution in [0.3, 0.4) is 0 Å². The van der Waals surface area contributed by atoms with Crippen molar-refractivity contribution in [2.45, 2.75) is 20.3 Å². The summed E-state index contributed by atoms with van der Waals surface area (Å²) in [4.78, 5) is 24.4. The maximum Gasteiger partial charge on any atom is 0.305 e. The number of amides is 1. The van der Waals surface area contributed by atoms with Crippen LogP contribution in [0.5, 0.6) is 0 Å². The molecule has 0 bridgehead atoms. The van der Waals surface area contributed by atoms with Crippen LogP contribution >= 0.6 is 0 Å². The Morgan fingerprint density at radius 2 is 2.00 bits per heavy atom. The SMILES string of the molecule is C=CCN(CCC(=O)O)C(=O)c1ccc(C)c(C)c1. The zero-order valence-electron chi connectivity index (χ0n) is 11.3. The van der Waals surface area contributed by atoms with Gasteiger partial charge in [0, 0.05) is 18.7 Å². The monoisotopic (exact) mass is 261 g/mol. The largest absolute Gasteiger partial charge is 0.481 e. The number of hydrogen-bond acceptors (Lipinski definition) is 2. The van der Waals surface area contributed by atoms with Gasteiger partial charge in [-0.05, 0) is 37.1 Å². The van der Waals surface area contributed by atoms with Gasteiger partial charge in [0.05, 0.1) is 6.42 Å². The number of carboxylic acids is 1. The molecule has 0 aliphatic rings. The summed E-state index contributed by atoms with van der Waals surface area (Å²) >= 11 is 0. The van der Waals surface area contributed by atoms with Crippen molar-refractivity contribution in [1.29, 1.82) is 0 Å². The fourth-order valence-corrected chi connectivity index (χ4v) is 1.72. The Labute approximate surface area is 113 Å². The molecule has 0 aliphatic carbocycles. The highest BCUT2D eigenvalue weighted by atomic mass is 16.4. The van der Waals surface area contributed by atoms with E-state index in [4.69, 9.17) is 5.11 Å². The lowest BCUT2D eigenvalue weighted by molar-refractivity contribution is -0.137. The molecule has 0 fully saturated rings. The second-order valence-corrected chi connectivity index (χ2v) is 4.48. The molecule has 1 aromatic carbocycles. The molecular formula is C15H19NO3. The number of carboxylic acid groups (broad SMARTS) is 1. The van der Waals surface area contributed by atoms with Crippen LogP contribution in [0.2, 0.25) is 0 Å². The predicted octanol–water partition coefficient (Wildman–Crippen LogP) is 2.41. The molecule has 0 saturated carbocycles. The number of aryl methyl sites for hydroxylation is 2. The topological polar surface area (TPSA) is 57.6 Å². The summed E-state index contributed by atoms with van der Waals surface area (Å²) in [6.45, 7) is 8.06. The fourth-order valence-electron chi connectivity index (χ4n) is 1.72. The van der Waals surface area contributed by atoms with E-state index in [1.807, 2.05) is 26.0 Å². The van der Waals surface area contributed by atoms with Gasteiger partial charge in [-0.15, -0.1) is 6.58 Å². The number of aliphatic carboxylic acids is 1. The van der Waals surface area contributed by atoms with Gasteiger partial charge in [0.15, 0.2) is 0 Å². The Balaban J connectivity index is 2.88. The van der Waals surface area contributed by atoms with E-state index in [9.17, 15) is 9.59 Å². The van der Waals surface area contributed by atoms with Crippen molar-refractivity contribution in [2.75, 3.05) is 13.1 Å². The summed E-state index contributed by atoms with van der Waals surface area (Å²) in [6, 6.07) is 5.49. The minimum atomic E-state index is -0.915. The lowest BCUT2D eigenvalue weighted by Gasteiger charge is -2.20. The zero-order chi connectivity index (χ0) is 14.4. The molecule has 1 aromatic rings. The normalized spacial score (nSPS) is 10.0. The van der Waals surface area contributed by atoms with Crippen LogP contribution in [0.1, 0.15) is 27.9 Å². The van der Waals surface area contributed by atoms with Gasteiger partial charge >= 0.3 is 5.97 Å². The Hall–Kier alpha value is -2.10. The van der Waals surface area contributed by atoms with E-state index in [1.165, 1.54) is 4.90 Å². The second kappa shape index (κ2) is 6.73. The molecule has 0 aromatic heterocycles. The van der Waals surface area contributed by atoms with Gasteiger partial charge in [0.2, 0.25) is 0 Å². The van der Waals surface area contributed by atoms with Crippen molar-refractivity contribution >= 4 is 11.9 Å². The number of nitrogens with zero attached hydrogens (tertiary/aromatic N) is 1. The second-order valence-electron chi connectivity index (χ2n) is 4.48. The molecule has 1 amide bonds. The summed E-state index contributed by atoms with van der Waals surface area (Å²) in [6.07, 6.45) is 1.53. The van der Waals surface area contributed by atoms with Gasteiger partial charge in [-0.1, -0.05) is 12.1 Å². The minimum absolute atomic E-state index is 0.0651. The van der Waals surface area contributed by atoms with Crippen LogP contribution in [0.15, 0.2) is 30.9 Å². The van der Waals surface area contributed by atoms with E-state index in [2.05, 4.69) is 6.58 Å². The third-order valence-corrected chi connectivity index (χ3v) is 2.99. The number of benzene rings is 1. The highest BCUT2D eigenvalue weighted by Gasteiger charge is 2.15. The predicted molar refractivity (Wildman–Crippen MR) is 74.3 cm³/mol. The average Bonchev–Trinajstić information content (AvgIpc) is 2.36. The fraction of sp³-hybridized carbons (Fsp3) is 0.333. The standard InChI is InChI=1S/C15H19NO3/c1-4-8-16(9-7-14(17)18)15(19)13-6-5-11(2)12(3)10-13/h4-6,10H,1,7-9H2,2-3H3,(H,17,18). The van der Waals surface area contributed by atoms with E-state index in [1.54, 1.807) is 12.1 Å². The summed E-state index contributed by atoms with van der Waals surface area (Å²) < 4.78 is 0. The molecule has 0 heterocycles. The molecule has 0 spiro atoms. The van der Waals surface area contributed by atoms with Crippen molar-refractivity contribution in [2.24, 2.45) is 0 Å². The van der Waals surface area contributed by atoms with Crippen molar-refractivity contribution in [1.82, 2.24) is 4.90 Å². The number of carbonyl (C=O) groups is 2. The summed E-state index contributed by atoms with van der Waals surface area (Å²) in [5, 5.41) is 8.70. The molecule has 0 atom stereocenters. The highest BCUT2D eigenvalue weighted by molar-refractivity contribution is 5.94. The molecule has 0 unspecified atom stereocenters. The van der Waals surface area contributed by atoms with E-state index >= 15 is 0 Å². The van der Waals surface area contributed by atoms with Crippen molar-refractivity contribution in [3.63, 3.8) is 0 Å². The molecule has 0 saturated heterocycles. The number of rotatable bonds is 6. The maximum atomic E-state index is 12.3.